The standard InChI is InChI=1S/C23H20N4O/c1-25-22(24)16-10-7-11-17(14-16)26-21(15-8-3-2-4-9-15)20-18-12-5-6-13-19(18)27-23(20)28/h2-14,27-28H,1H3,(H2,24,25). The molecule has 5 nitrogen and oxygen atoms in total. The summed E-state index contributed by atoms with van der Waals surface area (Å²) in [5.74, 6) is 0.544. The number of rotatable bonds is 4. The zero-order chi connectivity index (χ0) is 19.5. The minimum absolute atomic E-state index is 0.0922. The van der Waals surface area contributed by atoms with E-state index in [1.165, 1.54) is 0 Å². The Hall–Kier alpha value is -3.86. The number of benzene rings is 3. The normalized spacial score (nSPS) is 12.5. The smallest absolute Gasteiger partial charge is 0.199 e. The lowest BCUT2D eigenvalue weighted by Gasteiger charge is -2.08. The first kappa shape index (κ1) is 17.5. The third-order valence-electron chi connectivity index (χ3n) is 4.59. The van der Waals surface area contributed by atoms with E-state index in [4.69, 9.17) is 10.7 Å². The molecule has 28 heavy (non-hydrogen) atoms. The summed E-state index contributed by atoms with van der Waals surface area (Å²) in [6, 6.07) is 25.2. The van der Waals surface area contributed by atoms with Crippen LogP contribution in [0.3, 0.4) is 0 Å². The number of amidine groups is 1. The lowest BCUT2D eigenvalue weighted by Crippen LogP contribution is -2.12. The highest BCUT2D eigenvalue weighted by molar-refractivity contribution is 6.21. The fourth-order valence-corrected chi connectivity index (χ4v) is 3.22. The number of para-hydroxylation sites is 1. The molecule has 0 aliphatic carbocycles. The zero-order valence-corrected chi connectivity index (χ0v) is 15.4. The summed E-state index contributed by atoms with van der Waals surface area (Å²) in [6.07, 6.45) is 0. The number of aliphatic imine (C=N–C) groups is 2. The number of nitrogens with zero attached hydrogens (tertiary/aromatic N) is 2. The highest BCUT2D eigenvalue weighted by Gasteiger charge is 2.18. The number of aromatic hydroxyl groups is 1. The first-order valence-corrected chi connectivity index (χ1v) is 8.94. The molecule has 0 atom stereocenters. The summed E-state index contributed by atoms with van der Waals surface area (Å²) < 4.78 is 0. The minimum Gasteiger partial charge on any atom is -0.494 e. The summed E-state index contributed by atoms with van der Waals surface area (Å²) >= 11 is 0. The molecule has 5 heteroatoms. The van der Waals surface area contributed by atoms with Crippen LogP contribution < -0.4 is 5.73 Å². The molecule has 4 aromatic rings. The van der Waals surface area contributed by atoms with Gasteiger partial charge in [0.15, 0.2) is 5.88 Å². The summed E-state index contributed by atoms with van der Waals surface area (Å²) in [7, 11) is 1.66. The number of hydrogen-bond donors (Lipinski definition) is 3. The summed E-state index contributed by atoms with van der Waals surface area (Å²) in [5, 5.41) is 11.6. The van der Waals surface area contributed by atoms with Gasteiger partial charge >= 0.3 is 0 Å². The van der Waals surface area contributed by atoms with Crippen LogP contribution in [-0.4, -0.2) is 28.7 Å². The van der Waals surface area contributed by atoms with E-state index < -0.39 is 0 Å². The second-order valence-electron chi connectivity index (χ2n) is 6.38. The van der Waals surface area contributed by atoms with Gasteiger partial charge < -0.3 is 15.8 Å². The van der Waals surface area contributed by atoms with Crippen LogP contribution in [0.4, 0.5) is 5.69 Å². The molecule has 0 saturated heterocycles. The molecular formula is C23H20N4O. The largest absolute Gasteiger partial charge is 0.494 e. The molecular weight excluding hydrogens is 348 g/mol. The van der Waals surface area contributed by atoms with Crippen LogP contribution in [0.1, 0.15) is 16.7 Å². The minimum atomic E-state index is 0.0922. The Morgan fingerprint density at radius 2 is 1.61 bits per heavy atom. The number of nitrogens with two attached hydrogens (primary N) is 1. The van der Waals surface area contributed by atoms with Gasteiger partial charge in [0, 0.05) is 29.1 Å². The van der Waals surface area contributed by atoms with Crippen molar-refractivity contribution in [2.24, 2.45) is 15.7 Å². The highest BCUT2D eigenvalue weighted by atomic mass is 16.3. The molecule has 1 aromatic heterocycles. The van der Waals surface area contributed by atoms with Crippen molar-refractivity contribution < 1.29 is 5.11 Å². The lowest BCUT2D eigenvalue weighted by atomic mass is 10.0. The van der Waals surface area contributed by atoms with E-state index in [1.54, 1.807) is 7.05 Å². The number of aromatic nitrogens is 1. The molecule has 0 unspecified atom stereocenters. The number of fused-ring (bicyclic) bond motifs is 1. The van der Waals surface area contributed by atoms with Gasteiger partial charge in [-0.1, -0.05) is 60.7 Å². The van der Waals surface area contributed by atoms with Crippen molar-refractivity contribution >= 4 is 28.1 Å². The fourth-order valence-electron chi connectivity index (χ4n) is 3.22. The molecule has 3 aromatic carbocycles. The van der Waals surface area contributed by atoms with Gasteiger partial charge in [-0.3, -0.25) is 4.99 Å². The van der Waals surface area contributed by atoms with Crippen LogP contribution >= 0.6 is 0 Å². The quantitative estimate of drug-likeness (QED) is 0.369. The molecule has 0 saturated carbocycles. The molecule has 0 amide bonds. The molecule has 4 rings (SSSR count). The van der Waals surface area contributed by atoms with Gasteiger partial charge in [-0.05, 0) is 18.2 Å². The average molecular weight is 368 g/mol. The van der Waals surface area contributed by atoms with E-state index in [2.05, 4.69) is 9.98 Å². The van der Waals surface area contributed by atoms with Crippen molar-refractivity contribution in [2.45, 2.75) is 0 Å². The van der Waals surface area contributed by atoms with Crippen molar-refractivity contribution in [3.63, 3.8) is 0 Å². The lowest BCUT2D eigenvalue weighted by molar-refractivity contribution is 0.457. The molecule has 1 heterocycles. The van der Waals surface area contributed by atoms with E-state index in [0.29, 0.717) is 17.1 Å². The highest BCUT2D eigenvalue weighted by Crippen LogP contribution is 2.31. The molecule has 4 N–H and O–H groups in total. The molecule has 0 aliphatic heterocycles. The number of hydrogen-bond acceptors (Lipinski definition) is 3. The maximum absolute atomic E-state index is 10.6. The number of aromatic amines is 1. The Morgan fingerprint density at radius 1 is 0.893 bits per heavy atom. The van der Waals surface area contributed by atoms with E-state index in [0.717, 1.165) is 27.7 Å². The molecule has 0 aliphatic rings. The van der Waals surface area contributed by atoms with Gasteiger partial charge in [0.25, 0.3) is 0 Å². The van der Waals surface area contributed by atoms with Crippen LogP contribution in [0.15, 0.2) is 88.8 Å². The maximum Gasteiger partial charge on any atom is 0.199 e. The SMILES string of the molecule is CN=C(N)c1cccc(N=C(c2ccccc2)c2c(O)[nH]c3ccccc23)c1. The van der Waals surface area contributed by atoms with Crippen molar-refractivity contribution in [2.75, 3.05) is 7.05 Å². The molecule has 0 fully saturated rings. The van der Waals surface area contributed by atoms with Gasteiger partial charge in [-0.2, -0.15) is 0 Å². The van der Waals surface area contributed by atoms with Gasteiger partial charge in [-0.15, -0.1) is 0 Å². The second kappa shape index (κ2) is 7.40. The predicted molar refractivity (Wildman–Crippen MR) is 115 cm³/mol. The number of H-pyrrole nitrogens is 1. The van der Waals surface area contributed by atoms with E-state index in [-0.39, 0.29) is 5.88 Å². The topological polar surface area (TPSA) is 86.8 Å². The maximum atomic E-state index is 10.6. The molecule has 0 radical (unpaired) electrons. The average Bonchev–Trinajstić information content (AvgIpc) is 3.08. The molecule has 0 spiro atoms. The fraction of sp³-hybridized carbons (Fsp3) is 0.0435. The van der Waals surface area contributed by atoms with Crippen molar-refractivity contribution in [3.05, 3.63) is 95.6 Å². The van der Waals surface area contributed by atoms with E-state index in [9.17, 15) is 5.11 Å². The Kier molecular flexibility index (Phi) is 4.64. The zero-order valence-electron chi connectivity index (χ0n) is 15.4. The Labute approximate surface area is 162 Å². The Bertz CT molecular complexity index is 1190. The third-order valence-corrected chi connectivity index (χ3v) is 4.59. The Balaban J connectivity index is 1.95. The van der Waals surface area contributed by atoms with Crippen LogP contribution in [-0.2, 0) is 0 Å². The summed E-state index contributed by atoms with van der Waals surface area (Å²) in [5.41, 5.74) is 10.6. The van der Waals surface area contributed by atoms with Crippen LogP contribution in [0.2, 0.25) is 0 Å². The van der Waals surface area contributed by atoms with Gasteiger partial charge in [0.05, 0.1) is 17.0 Å². The monoisotopic (exact) mass is 368 g/mol. The predicted octanol–water partition coefficient (Wildman–Crippen LogP) is 4.38. The van der Waals surface area contributed by atoms with Crippen molar-refractivity contribution in [3.8, 4) is 5.88 Å². The van der Waals surface area contributed by atoms with Crippen LogP contribution in [0, 0.1) is 0 Å². The van der Waals surface area contributed by atoms with Crippen molar-refractivity contribution in [1.29, 1.82) is 0 Å². The Morgan fingerprint density at radius 3 is 2.39 bits per heavy atom. The molecule has 138 valence electrons. The number of nitrogens with one attached hydrogen (secondary N) is 1. The first-order valence-electron chi connectivity index (χ1n) is 8.94. The molecule has 0 bridgehead atoms. The van der Waals surface area contributed by atoms with Crippen molar-refractivity contribution in [1.82, 2.24) is 4.98 Å². The van der Waals surface area contributed by atoms with Gasteiger partial charge in [0.2, 0.25) is 0 Å². The van der Waals surface area contributed by atoms with E-state index in [1.807, 2.05) is 78.9 Å². The van der Waals surface area contributed by atoms with Gasteiger partial charge in [0.1, 0.15) is 5.84 Å². The second-order valence-corrected chi connectivity index (χ2v) is 6.38. The van der Waals surface area contributed by atoms with Gasteiger partial charge in [-0.25, -0.2) is 4.99 Å². The van der Waals surface area contributed by atoms with Crippen LogP contribution in [0.5, 0.6) is 5.88 Å². The van der Waals surface area contributed by atoms with E-state index >= 15 is 0 Å². The third kappa shape index (κ3) is 3.25. The van der Waals surface area contributed by atoms with Crippen LogP contribution in [0.25, 0.3) is 10.9 Å². The summed E-state index contributed by atoms with van der Waals surface area (Å²) in [4.78, 5) is 12.0. The summed E-state index contributed by atoms with van der Waals surface area (Å²) in [6.45, 7) is 0. The first-order chi connectivity index (χ1) is 13.7.